The Hall–Kier alpha value is -3.35. The minimum Gasteiger partial charge on any atom is -0.481 e. The van der Waals surface area contributed by atoms with Crippen LogP contribution in [0.1, 0.15) is 79.9 Å². The molecule has 2 unspecified atom stereocenters. The van der Waals surface area contributed by atoms with Gasteiger partial charge in [-0.15, -0.1) is 0 Å². The number of anilines is 1. The molecule has 0 aromatic heterocycles. The summed E-state index contributed by atoms with van der Waals surface area (Å²) in [6.07, 6.45) is 2.17. The van der Waals surface area contributed by atoms with E-state index in [2.05, 4.69) is 17.6 Å². The van der Waals surface area contributed by atoms with Gasteiger partial charge in [0.15, 0.2) is 0 Å². The third kappa shape index (κ3) is 6.59. The second kappa shape index (κ2) is 10.7. The number of ether oxygens (including phenoxy) is 1. The number of fused-ring (bicyclic) bond motifs is 1. The maximum absolute atomic E-state index is 13.1. The fourth-order valence-corrected chi connectivity index (χ4v) is 4.64. The Morgan fingerprint density at radius 2 is 1.85 bits per heavy atom. The van der Waals surface area contributed by atoms with Crippen LogP contribution in [0.25, 0.3) is 0 Å². The fraction of sp³-hybridized carbons (Fsp3) is 0.444. The second-order valence-corrected chi connectivity index (χ2v) is 9.79. The summed E-state index contributed by atoms with van der Waals surface area (Å²) in [6.45, 7) is 7.61. The van der Waals surface area contributed by atoms with Crippen LogP contribution in [-0.2, 0) is 22.5 Å². The molecule has 7 heteroatoms. The number of carboxylic acids is 1. The lowest BCUT2D eigenvalue weighted by molar-refractivity contribution is -0.138. The molecule has 0 bridgehead atoms. The molecule has 0 saturated carbocycles. The monoisotopic (exact) mass is 466 g/mol. The number of alkyl carbamates (subject to hydrolysis) is 1. The standard InChI is InChI=1S/C27H34N2O5/c1-5-21-18(14-24(30)31)11-10-17-12-13-20(15-23(17)21)29-25(32)22-9-7-6-8-19(22)16-28-26(33)34-27(2,3)4/h6-9,12-13,15,18,21H,5,10-11,14,16H2,1-4H3,(H,28,33)(H,29,32)(H,30,31). The molecule has 3 rings (SSSR count). The summed E-state index contributed by atoms with van der Waals surface area (Å²) >= 11 is 0. The Bertz CT molecular complexity index is 1060. The first kappa shape index (κ1) is 25.3. The largest absolute Gasteiger partial charge is 0.481 e. The zero-order chi connectivity index (χ0) is 24.9. The van der Waals surface area contributed by atoms with E-state index in [0.717, 1.165) is 24.8 Å². The Morgan fingerprint density at radius 3 is 2.53 bits per heavy atom. The highest BCUT2D eigenvalue weighted by Crippen LogP contribution is 2.41. The van der Waals surface area contributed by atoms with Crippen molar-refractivity contribution in [1.29, 1.82) is 0 Å². The normalized spacial score (nSPS) is 17.4. The zero-order valence-electron chi connectivity index (χ0n) is 20.3. The van der Waals surface area contributed by atoms with Crippen LogP contribution in [0.4, 0.5) is 10.5 Å². The van der Waals surface area contributed by atoms with Crippen molar-refractivity contribution < 1.29 is 24.2 Å². The molecular formula is C27H34N2O5. The first-order valence-electron chi connectivity index (χ1n) is 11.8. The molecule has 0 heterocycles. The molecule has 0 spiro atoms. The lowest BCUT2D eigenvalue weighted by atomic mass is 9.72. The van der Waals surface area contributed by atoms with Crippen molar-refractivity contribution in [2.75, 3.05) is 5.32 Å². The van der Waals surface area contributed by atoms with Gasteiger partial charge in [-0.25, -0.2) is 4.79 Å². The molecule has 0 saturated heterocycles. The number of aryl methyl sites for hydroxylation is 1. The molecule has 2 aromatic carbocycles. The summed E-state index contributed by atoms with van der Waals surface area (Å²) in [4.78, 5) is 36.4. The molecule has 3 N–H and O–H groups in total. The molecule has 1 aliphatic rings. The molecule has 2 amide bonds. The van der Waals surface area contributed by atoms with Crippen LogP contribution in [-0.4, -0.2) is 28.7 Å². The van der Waals surface area contributed by atoms with E-state index < -0.39 is 17.7 Å². The Morgan fingerprint density at radius 1 is 1.12 bits per heavy atom. The van der Waals surface area contributed by atoms with Gasteiger partial charge in [-0.05, 0) is 86.8 Å². The number of carbonyl (C=O) groups is 3. The number of hydrogen-bond donors (Lipinski definition) is 3. The topological polar surface area (TPSA) is 105 Å². The Balaban J connectivity index is 1.75. The van der Waals surface area contributed by atoms with Crippen LogP contribution in [0.5, 0.6) is 0 Å². The lowest BCUT2D eigenvalue weighted by Crippen LogP contribution is -2.32. The molecule has 0 fully saturated rings. The lowest BCUT2D eigenvalue weighted by Gasteiger charge is -2.32. The molecule has 182 valence electrons. The summed E-state index contributed by atoms with van der Waals surface area (Å²) < 4.78 is 5.27. The van der Waals surface area contributed by atoms with Crippen molar-refractivity contribution in [1.82, 2.24) is 5.32 Å². The van der Waals surface area contributed by atoms with Gasteiger partial charge in [-0.1, -0.05) is 31.2 Å². The summed E-state index contributed by atoms with van der Waals surface area (Å²) in [7, 11) is 0. The number of nitrogens with one attached hydrogen (secondary N) is 2. The predicted octanol–water partition coefficient (Wildman–Crippen LogP) is 5.49. The highest BCUT2D eigenvalue weighted by Gasteiger charge is 2.30. The molecule has 0 aliphatic heterocycles. The number of carboxylic acid groups (broad SMARTS) is 1. The number of rotatable bonds is 7. The van der Waals surface area contributed by atoms with E-state index in [9.17, 15) is 19.5 Å². The molecule has 0 radical (unpaired) electrons. The van der Waals surface area contributed by atoms with Gasteiger partial charge in [0.2, 0.25) is 0 Å². The van der Waals surface area contributed by atoms with Crippen LogP contribution in [0.15, 0.2) is 42.5 Å². The van der Waals surface area contributed by atoms with E-state index in [4.69, 9.17) is 4.74 Å². The Kier molecular flexibility index (Phi) is 7.97. The minimum atomic E-state index is -0.770. The second-order valence-electron chi connectivity index (χ2n) is 9.79. The Labute approximate surface area is 200 Å². The van der Waals surface area contributed by atoms with Crippen LogP contribution in [0, 0.1) is 5.92 Å². The van der Waals surface area contributed by atoms with E-state index in [1.807, 2.05) is 24.3 Å². The highest BCUT2D eigenvalue weighted by molar-refractivity contribution is 6.05. The summed E-state index contributed by atoms with van der Waals surface area (Å²) in [5.41, 5.74) is 3.55. The van der Waals surface area contributed by atoms with E-state index in [1.54, 1.807) is 39.0 Å². The molecule has 7 nitrogen and oxygen atoms in total. The first-order valence-corrected chi connectivity index (χ1v) is 11.8. The average Bonchev–Trinajstić information content (AvgIpc) is 2.76. The maximum Gasteiger partial charge on any atom is 0.407 e. The summed E-state index contributed by atoms with van der Waals surface area (Å²) in [5, 5.41) is 15.0. The van der Waals surface area contributed by atoms with Gasteiger partial charge >= 0.3 is 12.1 Å². The zero-order valence-corrected chi connectivity index (χ0v) is 20.3. The van der Waals surface area contributed by atoms with Gasteiger partial charge in [0.25, 0.3) is 5.91 Å². The van der Waals surface area contributed by atoms with Crippen LogP contribution >= 0.6 is 0 Å². The van der Waals surface area contributed by atoms with Crippen LogP contribution in [0.2, 0.25) is 0 Å². The van der Waals surface area contributed by atoms with Gasteiger partial charge in [0.05, 0.1) is 0 Å². The van der Waals surface area contributed by atoms with Crippen molar-refractivity contribution in [2.45, 2.75) is 71.4 Å². The van der Waals surface area contributed by atoms with Crippen molar-refractivity contribution in [3.8, 4) is 0 Å². The number of hydrogen-bond acceptors (Lipinski definition) is 4. The van der Waals surface area contributed by atoms with E-state index in [1.165, 1.54) is 5.56 Å². The predicted molar refractivity (Wildman–Crippen MR) is 131 cm³/mol. The number of benzene rings is 2. The maximum atomic E-state index is 13.1. The summed E-state index contributed by atoms with van der Waals surface area (Å²) in [5.74, 6) is -0.789. The van der Waals surface area contributed by atoms with Crippen molar-refractivity contribution in [3.63, 3.8) is 0 Å². The van der Waals surface area contributed by atoms with Gasteiger partial charge < -0.3 is 20.5 Å². The van der Waals surface area contributed by atoms with Gasteiger partial charge in [-0.3, -0.25) is 9.59 Å². The molecular weight excluding hydrogens is 432 g/mol. The van der Waals surface area contributed by atoms with Crippen LogP contribution < -0.4 is 10.6 Å². The quantitative estimate of drug-likeness (QED) is 0.500. The van der Waals surface area contributed by atoms with Crippen molar-refractivity contribution in [3.05, 3.63) is 64.7 Å². The van der Waals surface area contributed by atoms with Crippen molar-refractivity contribution in [2.24, 2.45) is 5.92 Å². The SMILES string of the molecule is CCC1c2cc(NC(=O)c3ccccc3CNC(=O)OC(C)(C)C)ccc2CCC1CC(=O)O. The van der Waals surface area contributed by atoms with Gasteiger partial charge in [0, 0.05) is 24.2 Å². The third-order valence-electron chi connectivity index (χ3n) is 6.12. The number of amides is 2. The highest BCUT2D eigenvalue weighted by atomic mass is 16.6. The number of aliphatic carboxylic acids is 1. The third-order valence-corrected chi connectivity index (χ3v) is 6.12. The smallest absolute Gasteiger partial charge is 0.407 e. The molecule has 2 atom stereocenters. The van der Waals surface area contributed by atoms with Gasteiger partial charge in [-0.2, -0.15) is 0 Å². The van der Waals surface area contributed by atoms with Crippen LogP contribution in [0.3, 0.4) is 0 Å². The molecule has 1 aliphatic carbocycles. The summed E-state index contributed by atoms with van der Waals surface area (Å²) in [6, 6.07) is 13.0. The van der Waals surface area contributed by atoms with E-state index in [-0.39, 0.29) is 30.7 Å². The molecule has 2 aromatic rings. The fourth-order valence-electron chi connectivity index (χ4n) is 4.64. The average molecular weight is 467 g/mol. The van der Waals surface area contributed by atoms with E-state index in [0.29, 0.717) is 16.8 Å². The minimum absolute atomic E-state index is 0.0978. The van der Waals surface area contributed by atoms with Gasteiger partial charge in [0.1, 0.15) is 5.60 Å². The molecule has 34 heavy (non-hydrogen) atoms. The first-order chi connectivity index (χ1) is 16.1. The number of carbonyl (C=O) groups excluding carboxylic acids is 2. The van der Waals surface area contributed by atoms with Crippen molar-refractivity contribution >= 4 is 23.7 Å². The van der Waals surface area contributed by atoms with E-state index >= 15 is 0 Å².